The van der Waals surface area contributed by atoms with E-state index in [1.807, 2.05) is 0 Å². The van der Waals surface area contributed by atoms with Crippen LogP contribution in [0.5, 0.6) is 0 Å². The number of hydrogen-bond donors (Lipinski definition) is 0. The fourth-order valence-electron chi connectivity index (χ4n) is 2.23. The molecule has 1 heterocycles. The molecule has 1 nitrogen and oxygen atoms in total. The van der Waals surface area contributed by atoms with E-state index >= 15 is 0 Å². The van der Waals surface area contributed by atoms with Gasteiger partial charge in [0.15, 0.2) is 0 Å². The number of nitrogens with zero attached hydrogens (tertiary/aromatic N) is 1. The largest absolute Gasteiger partial charge is 0.371 e. The van der Waals surface area contributed by atoms with Crippen molar-refractivity contribution >= 4 is 5.69 Å². The lowest BCUT2D eigenvalue weighted by atomic mass is 10.0. The molecule has 0 spiro atoms. The van der Waals surface area contributed by atoms with Gasteiger partial charge >= 0.3 is 0 Å². The lowest BCUT2D eigenvalue weighted by molar-refractivity contribution is 0.663. The maximum atomic E-state index is 2.53. The van der Waals surface area contributed by atoms with E-state index < -0.39 is 0 Å². The Morgan fingerprint density at radius 1 is 1.20 bits per heavy atom. The van der Waals surface area contributed by atoms with Crippen LogP contribution in [0.3, 0.4) is 0 Å². The molecule has 1 aliphatic heterocycles. The van der Waals surface area contributed by atoms with Crippen molar-refractivity contribution in [2.45, 2.75) is 32.6 Å². The molecule has 0 fully saturated rings. The van der Waals surface area contributed by atoms with Gasteiger partial charge in [0.25, 0.3) is 0 Å². The molecule has 81 valence electrons. The molecule has 0 saturated carbocycles. The van der Waals surface area contributed by atoms with Gasteiger partial charge in [-0.15, -0.1) is 0 Å². The van der Waals surface area contributed by atoms with Gasteiger partial charge in [-0.3, -0.25) is 0 Å². The van der Waals surface area contributed by atoms with Crippen LogP contribution in [0.15, 0.2) is 24.3 Å². The lowest BCUT2D eigenvalue weighted by Gasteiger charge is -2.31. The molecule has 0 saturated heterocycles. The number of fused-ring (bicyclic) bond motifs is 1. The molecule has 1 aromatic rings. The Morgan fingerprint density at radius 2 is 2.07 bits per heavy atom. The Labute approximate surface area is 93.1 Å². The summed E-state index contributed by atoms with van der Waals surface area (Å²) < 4.78 is 0. The first-order chi connectivity index (χ1) is 7.42. The van der Waals surface area contributed by atoms with Crippen LogP contribution in [0, 0.1) is 6.42 Å². The zero-order valence-electron chi connectivity index (χ0n) is 9.58. The maximum Gasteiger partial charge on any atom is 0.0401 e. The van der Waals surface area contributed by atoms with E-state index in [2.05, 4.69) is 42.5 Å². The number of rotatable bonds is 4. The number of benzene rings is 1. The minimum atomic E-state index is 1.20. The molecule has 0 aromatic heterocycles. The standard InChI is InChI=1S/C14H20N/c1-2-3-6-11-15-12-7-9-13-8-4-5-10-14(13)15/h4-5,8-10H,2-3,6-7,11-12H2,1H3. The van der Waals surface area contributed by atoms with E-state index in [1.54, 1.807) is 0 Å². The van der Waals surface area contributed by atoms with Gasteiger partial charge in [-0.25, -0.2) is 0 Å². The Hall–Kier alpha value is -0.980. The van der Waals surface area contributed by atoms with Crippen molar-refractivity contribution in [2.24, 2.45) is 0 Å². The number of hydrogen-bond acceptors (Lipinski definition) is 1. The molecule has 0 amide bonds. The monoisotopic (exact) mass is 202 g/mol. The quantitative estimate of drug-likeness (QED) is 0.674. The van der Waals surface area contributed by atoms with E-state index in [0.717, 1.165) is 0 Å². The summed E-state index contributed by atoms with van der Waals surface area (Å²) in [4.78, 5) is 2.53. The van der Waals surface area contributed by atoms with E-state index in [1.165, 1.54) is 50.0 Å². The summed E-state index contributed by atoms with van der Waals surface area (Å²) in [5.41, 5.74) is 2.85. The van der Waals surface area contributed by atoms with E-state index in [-0.39, 0.29) is 0 Å². The zero-order valence-corrected chi connectivity index (χ0v) is 9.58. The Balaban J connectivity index is 2.02. The van der Waals surface area contributed by atoms with Gasteiger partial charge in [0, 0.05) is 18.8 Å². The van der Waals surface area contributed by atoms with Crippen molar-refractivity contribution in [3.05, 3.63) is 36.2 Å². The molecule has 0 aliphatic carbocycles. The first-order valence-electron chi connectivity index (χ1n) is 6.09. The number of para-hydroxylation sites is 1. The summed E-state index contributed by atoms with van der Waals surface area (Å²) in [6.07, 6.45) is 7.53. The third-order valence-electron chi connectivity index (χ3n) is 3.07. The van der Waals surface area contributed by atoms with E-state index in [4.69, 9.17) is 0 Å². The minimum absolute atomic E-state index is 1.20. The summed E-state index contributed by atoms with van der Waals surface area (Å²) in [7, 11) is 0. The molecular formula is C14H20N. The topological polar surface area (TPSA) is 3.24 Å². The van der Waals surface area contributed by atoms with Crippen molar-refractivity contribution in [3.8, 4) is 0 Å². The average molecular weight is 202 g/mol. The summed E-state index contributed by atoms with van der Waals surface area (Å²) in [6, 6.07) is 8.74. The second kappa shape index (κ2) is 5.20. The number of unbranched alkanes of at least 4 members (excludes halogenated alkanes) is 2. The molecule has 15 heavy (non-hydrogen) atoms. The van der Waals surface area contributed by atoms with E-state index in [9.17, 15) is 0 Å². The number of anilines is 1. The predicted molar refractivity (Wildman–Crippen MR) is 66.2 cm³/mol. The summed E-state index contributed by atoms with van der Waals surface area (Å²) >= 11 is 0. The third kappa shape index (κ3) is 2.53. The van der Waals surface area contributed by atoms with Crippen molar-refractivity contribution in [3.63, 3.8) is 0 Å². The van der Waals surface area contributed by atoms with Crippen molar-refractivity contribution in [2.75, 3.05) is 18.0 Å². The minimum Gasteiger partial charge on any atom is -0.371 e. The van der Waals surface area contributed by atoms with Gasteiger partial charge in [-0.1, -0.05) is 38.0 Å². The third-order valence-corrected chi connectivity index (χ3v) is 3.07. The van der Waals surface area contributed by atoms with Gasteiger partial charge < -0.3 is 4.90 Å². The SMILES string of the molecule is CCCCCN1CC[CH]c2ccccc21. The molecule has 0 atom stereocenters. The molecule has 1 aromatic carbocycles. The summed E-state index contributed by atoms with van der Waals surface area (Å²) in [5.74, 6) is 0. The predicted octanol–water partition coefficient (Wildman–Crippen LogP) is 3.64. The van der Waals surface area contributed by atoms with Crippen molar-refractivity contribution in [1.82, 2.24) is 0 Å². The van der Waals surface area contributed by atoms with Crippen LogP contribution in [0.1, 0.15) is 38.2 Å². The molecule has 2 rings (SSSR count). The van der Waals surface area contributed by atoms with Gasteiger partial charge in [-0.05, 0) is 30.9 Å². The van der Waals surface area contributed by atoms with Gasteiger partial charge in [-0.2, -0.15) is 0 Å². The fourth-order valence-corrected chi connectivity index (χ4v) is 2.23. The molecule has 1 aliphatic rings. The highest BCUT2D eigenvalue weighted by Gasteiger charge is 2.15. The molecule has 1 radical (unpaired) electrons. The van der Waals surface area contributed by atoms with Crippen molar-refractivity contribution < 1.29 is 0 Å². The molecule has 1 heteroatoms. The van der Waals surface area contributed by atoms with Crippen LogP contribution in [-0.4, -0.2) is 13.1 Å². The van der Waals surface area contributed by atoms with Gasteiger partial charge in [0.1, 0.15) is 0 Å². The van der Waals surface area contributed by atoms with Crippen LogP contribution < -0.4 is 4.90 Å². The Morgan fingerprint density at radius 3 is 2.93 bits per heavy atom. The van der Waals surface area contributed by atoms with Crippen LogP contribution in [-0.2, 0) is 0 Å². The Bertz CT molecular complexity index is 306. The molecule has 0 unspecified atom stereocenters. The Kier molecular flexibility index (Phi) is 3.65. The highest BCUT2D eigenvalue weighted by molar-refractivity contribution is 5.58. The second-order valence-electron chi connectivity index (χ2n) is 4.25. The zero-order chi connectivity index (χ0) is 10.5. The molecule has 0 bridgehead atoms. The first-order valence-corrected chi connectivity index (χ1v) is 6.09. The second-order valence-corrected chi connectivity index (χ2v) is 4.25. The smallest absolute Gasteiger partial charge is 0.0401 e. The van der Waals surface area contributed by atoms with Crippen LogP contribution in [0.25, 0.3) is 0 Å². The average Bonchev–Trinajstić information content (AvgIpc) is 2.30. The normalized spacial score (nSPS) is 15.1. The van der Waals surface area contributed by atoms with Crippen LogP contribution in [0.2, 0.25) is 0 Å². The fraction of sp³-hybridized carbons (Fsp3) is 0.500. The highest BCUT2D eigenvalue weighted by atomic mass is 15.1. The van der Waals surface area contributed by atoms with Gasteiger partial charge in [0.2, 0.25) is 0 Å². The van der Waals surface area contributed by atoms with Crippen molar-refractivity contribution in [1.29, 1.82) is 0 Å². The first kappa shape index (κ1) is 10.5. The van der Waals surface area contributed by atoms with Crippen LogP contribution >= 0.6 is 0 Å². The van der Waals surface area contributed by atoms with Crippen LogP contribution in [0.4, 0.5) is 5.69 Å². The van der Waals surface area contributed by atoms with E-state index in [0.29, 0.717) is 0 Å². The van der Waals surface area contributed by atoms with Gasteiger partial charge in [0.05, 0.1) is 0 Å². The maximum absolute atomic E-state index is 2.53. The highest BCUT2D eigenvalue weighted by Crippen LogP contribution is 2.27. The summed E-state index contributed by atoms with van der Waals surface area (Å²) in [5, 5.41) is 0. The molecular weight excluding hydrogens is 182 g/mol. The summed E-state index contributed by atoms with van der Waals surface area (Å²) in [6.45, 7) is 4.68. The molecule has 0 N–H and O–H groups in total. The lowest BCUT2D eigenvalue weighted by Crippen LogP contribution is -2.29.